The van der Waals surface area contributed by atoms with Gasteiger partial charge in [0.15, 0.2) is 0 Å². The van der Waals surface area contributed by atoms with Crippen molar-refractivity contribution in [3.05, 3.63) is 52.7 Å². The number of anilines is 1. The minimum Gasteiger partial charge on any atom is -0.373 e. The average molecular weight is 252 g/mol. The molecule has 1 unspecified atom stereocenters. The quantitative estimate of drug-likeness (QED) is 0.738. The maximum Gasteiger partial charge on any atom is 0.0852 e. The standard InChI is InChI=1S/C13H14ClNS/c1-15(11-6-3-2-4-7-11)10-12(14)13-8-5-9-16-13/h2-9,12H,10H2,1H3. The van der Waals surface area contributed by atoms with Crippen molar-refractivity contribution < 1.29 is 0 Å². The zero-order valence-corrected chi connectivity index (χ0v) is 10.7. The Morgan fingerprint density at radius 3 is 2.56 bits per heavy atom. The third-order valence-electron chi connectivity index (χ3n) is 2.48. The first-order chi connectivity index (χ1) is 7.77. The van der Waals surface area contributed by atoms with Crippen LogP contribution in [0.3, 0.4) is 0 Å². The van der Waals surface area contributed by atoms with Crippen molar-refractivity contribution in [1.29, 1.82) is 0 Å². The maximum atomic E-state index is 6.36. The Balaban J connectivity index is 2.00. The number of nitrogens with zero attached hydrogens (tertiary/aromatic N) is 1. The van der Waals surface area contributed by atoms with Crippen LogP contribution in [0, 0.1) is 0 Å². The average Bonchev–Trinajstić information content (AvgIpc) is 2.83. The largest absolute Gasteiger partial charge is 0.373 e. The summed E-state index contributed by atoms with van der Waals surface area (Å²) in [5.74, 6) is 0. The fraction of sp³-hybridized carbons (Fsp3) is 0.231. The topological polar surface area (TPSA) is 3.24 Å². The predicted octanol–water partition coefficient (Wildman–Crippen LogP) is 4.16. The summed E-state index contributed by atoms with van der Waals surface area (Å²) < 4.78 is 0. The van der Waals surface area contributed by atoms with Gasteiger partial charge < -0.3 is 4.90 Å². The summed E-state index contributed by atoms with van der Waals surface area (Å²) in [6.07, 6.45) is 0. The number of likely N-dealkylation sites (N-methyl/N-ethyl adjacent to an activating group) is 1. The van der Waals surface area contributed by atoms with Crippen LogP contribution in [0.15, 0.2) is 47.8 Å². The minimum absolute atomic E-state index is 0.0604. The second-order valence-electron chi connectivity index (χ2n) is 3.70. The van der Waals surface area contributed by atoms with Gasteiger partial charge in [-0.3, -0.25) is 0 Å². The van der Waals surface area contributed by atoms with E-state index in [4.69, 9.17) is 11.6 Å². The normalized spacial score (nSPS) is 12.4. The number of alkyl halides is 1. The molecule has 0 aliphatic heterocycles. The summed E-state index contributed by atoms with van der Waals surface area (Å²) in [5.41, 5.74) is 1.20. The Kier molecular flexibility index (Phi) is 3.86. The molecule has 0 radical (unpaired) electrons. The van der Waals surface area contributed by atoms with Gasteiger partial charge >= 0.3 is 0 Å². The summed E-state index contributed by atoms with van der Waals surface area (Å²) in [4.78, 5) is 3.40. The van der Waals surface area contributed by atoms with Crippen molar-refractivity contribution in [1.82, 2.24) is 0 Å². The predicted molar refractivity (Wildman–Crippen MR) is 72.6 cm³/mol. The molecule has 0 spiro atoms. The molecule has 0 aliphatic carbocycles. The summed E-state index contributed by atoms with van der Waals surface area (Å²) in [6, 6.07) is 14.4. The van der Waals surface area contributed by atoms with Crippen molar-refractivity contribution in [2.24, 2.45) is 0 Å². The number of hydrogen-bond donors (Lipinski definition) is 0. The molecular weight excluding hydrogens is 238 g/mol. The molecule has 1 aromatic heterocycles. The van der Waals surface area contributed by atoms with E-state index in [0.717, 1.165) is 6.54 Å². The molecule has 0 N–H and O–H groups in total. The number of thiophene rings is 1. The molecule has 16 heavy (non-hydrogen) atoms. The van der Waals surface area contributed by atoms with Crippen molar-refractivity contribution in [3.8, 4) is 0 Å². The third kappa shape index (κ3) is 2.77. The zero-order chi connectivity index (χ0) is 11.4. The van der Waals surface area contributed by atoms with Gasteiger partial charge in [0.1, 0.15) is 0 Å². The first-order valence-corrected chi connectivity index (χ1v) is 6.52. The molecule has 0 fully saturated rings. The summed E-state index contributed by atoms with van der Waals surface area (Å²) in [7, 11) is 2.07. The molecule has 2 rings (SSSR count). The van der Waals surface area contributed by atoms with E-state index in [1.165, 1.54) is 10.6 Å². The van der Waals surface area contributed by atoms with Gasteiger partial charge in [-0.2, -0.15) is 0 Å². The van der Waals surface area contributed by atoms with Crippen LogP contribution in [0.25, 0.3) is 0 Å². The summed E-state index contributed by atoms with van der Waals surface area (Å²) in [5, 5.41) is 2.12. The van der Waals surface area contributed by atoms with E-state index in [1.54, 1.807) is 11.3 Å². The number of hydrogen-bond acceptors (Lipinski definition) is 2. The first-order valence-electron chi connectivity index (χ1n) is 5.21. The Morgan fingerprint density at radius 2 is 1.94 bits per heavy atom. The molecule has 0 aliphatic rings. The number of para-hydroxylation sites is 1. The van der Waals surface area contributed by atoms with Crippen molar-refractivity contribution in [3.63, 3.8) is 0 Å². The van der Waals surface area contributed by atoms with E-state index in [0.29, 0.717) is 0 Å². The van der Waals surface area contributed by atoms with E-state index in [-0.39, 0.29) is 5.38 Å². The highest BCUT2D eigenvalue weighted by atomic mass is 35.5. The lowest BCUT2D eigenvalue weighted by atomic mass is 10.2. The van der Waals surface area contributed by atoms with Crippen LogP contribution in [0.1, 0.15) is 10.3 Å². The van der Waals surface area contributed by atoms with Gasteiger partial charge in [0.25, 0.3) is 0 Å². The molecule has 1 atom stereocenters. The molecule has 84 valence electrons. The van der Waals surface area contributed by atoms with Gasteiger partial charge in [-0.1, -0.05) is 24.3 Å². The van der Waals surface area contributed by atoms with E-state index in [1.807, 2.05) is 24.3 Å². The van der Waals surface area contributed by atoms with Crippen molar-refractivity contribution in [2.75, 3.05) is 18.5 Å². The van der Waals surface area contributed by atoms with Crippen LogP contribution in [0.5, 0.6) is 0 Å². The first kappa shape index (κ1) is 11.5. The molecule has 1 heterocycles. The van der Waals surface area contributed by atoms with E-state index in [9.17, 15) is 0 Å². The SMILES string of the molecule is CN(CC(Cl)c1cccs1)c1ccccc1. The second kappa shape index (κ2) is 5.37. The summed E-state index contributed by atoms with van der Waals surface area (Å²) in [6.45, 7) is 0.825. The van der Waals surface area contributed by atoms with Crippen LogP contribution < -0.4 is 4.90 Å². The van der Waals surface area contributed by atoms with Gasteiger partial charge in [0, 0.05) is 24.2 Å². The molecule has 0 amide bonds. The third-order valence-corrected chi connectivity index (χ3v) is 3.97. The highest BCUT2D eigenvalue weighted by molar-refractivity contribution is 7.10. The fourth-order valence-electron chi connectivity index (χ4n) is 1.59. The monoisotopic (exact) mass is 251 g/mol. The lowest BCUT2D eigenvalue weighted by molar-refractivity contribution is 0.862. The lowest BCUT2D eigenvalue weighted by Crippen LogP contribution is -2.21. The van der Waals surface area contributed by atoms with E-state index < -0.39 is 0 Å². The summed E-state index contributed by atoms with van der Waals surface area (Å²) >= 11 is 8.07. The minimum atomic E-state index is 0.0604. The van der Waals surface area contributed by atoms with Gasteiger partial charge in [0.2, 0.25) is 0 Å². The van der Waals surface area contributed by atoms with Gasteiger partial charge in [0.05, 0.1) is 5.38 Å². The highest BCUT2D eigenvalue weighted by Gasteiger charge is 2.11. The van der Waals surface area contributed by atoms with Gasteiger partial charge in [-0.25, -0.2) is 0 Å². The molecule has 0 saturated heterocycles. The fourth-order valence-corrected chi connectivity index (χ4v) is 2.72. The smallest absolute Gasteiger partial charge is 0.0852 e. The Labute approximate surface area is 105 Å². The maximum absolute atomic E-state index is 6.36. The Bertz CT molecular complexity index is 413. The number of halogens is 1. The molecule has 1 nitrogen and oxygen atoms in total. The van der Waals surface area contributed by atoms with E-state index in [2.05, 4.69) is 35.5 Å². The van der Waals surface area contributed by atoms with Crippen LogP contribution in [-0.2, 0) is 0 Å². The zero-order valence-electron chi connectivity index (χ0n) is 9.14. The molecular formula is C13H14ClNS. The van der Waals surface area contributed by atoms with Gasteiger partial charge in [-0.15, -0.1) is 22.9 Å². The van der Waals surface area contributed by atoms with E-state index >= 15 is 0 Å². The molecule has 0 saturated carbocycles. The van der Waals surface area contributed by atoms with Crippen LogP contribution in [-0.4, -0.2) is 13.6 Å². The van der Waals surface area contributed by atoms with Crippen LogP contribution >= 0.6 is 22.9 Å². The molecule has 1 aromatic carbocycles. The molecule has 0 bridgehead atoms. The lowest BCUT2D eigenvalue weighted by Gasteiger charge is -2.21. The number of benzene rings is 1. The Hall–Kier alpha value is -0.990. The van der Waals surface area contributed by atoms with Crippen LogP contribution in [0.2, 0.25) is 0 Å². The number of rotatable bonds is 4. The second-order valence-corrected chi connectivity index (χ2v) is 5.21. The van der Waals surface area contributed by atoms with Crippen LogP contribution in [0.4, 0.5) is 5.69 Å². The van der Waals surface area contributed by atoms with Crippen molar-refractivity contribution >= 4 is 28.6 Å². The molecule has 2 aromatic rings. The Morgan fingerprint density at radius 1 is 1.19 bits per heavy atom. The highest BCUT2D eigenvalue weighted by Crippen LogP contribution is 2.27. The molecule has 3 heteroatoms. The van der Waals surface area contributed by atoms with Gasteiger partial charge in [-0.05, 0) is 23.6 Å². The van der Waals surface area contributed by atoms with Crippen molar-refractivity contribution in [2.45, 2.75) is 5.38 Å².